The molecule has 2 aromatic rings. The van der Waals surface area contributed by atoms with E-state index in [-0.39, 0.29) is 0 Å². The number of rotatable bonds is 5. The Hall–Kier alpha value is -1.95. The maximum absolute atomic E-state index is 6.21. The molecule has 0 N–H and O–H groups in total. The largest absolute Gasteiger partial charge is 0.473 e. The van der Waals surface area contributed by atoms with E-state index in [2.05, 4.69) is 20.2 Å². The Labute approximate surface area is 173 Å². The molecule has 6 heteroatoms. The normalized spacial score (nSPS) is 28.0. The number of ether oxygens (including phenoxy) is 1. The summed E-state index contributed by atoms with van der Waals surface area (Å²) >= 11 is 0. The van der Waals surface area contributed by atoms with E-state index >= 15 is 0 Å². The monoisotopic (exact) mass is 395 g/mol. The van der Waals surface area contributed by atoms with E-state index in [0.29, 0.717) is 12.0 Å². The van der Waals surface area contributed by atoms with Gasteiger partial charge in [0.15, 0.2) is 0 Å². The molecule has 3 heterocycles. The summed E-state index contributed by atoms with van der Waals surface area (Å²) in [5.74, 6) is 3.20. The number of aryl methyl sites for hydroxylation is 2. The molecule has 2 aromatic heterocycles. The van der Waals surface area contributed by atoms with Gasteiger partial charge in [0.1, 0.15) is 6.10 Å². The maximum Gasteiger partial charge on any atom is 0.233 e. The second kappa shape index (κ2) is 8.05. The van der Waals surface area contributed by atoms with Crippen molar-refractivity contribution in [3.8, 4) is 17.1 Å². The third-order valence-corrected chi connectivity index (χ3v) is 7.24. The molecule has 0 unspecified atom stereocenters. The first-order valence-corrected chi connectivity index (χ1v) is 11.4. The fourth-order valence-electron chi connectivity index (χ4n) is 5.87. The third kappa shape index (κ3) is 4.18. The van der Waals surface area contributed by atoms with Crippen LogP contribution in [0.4, 0.5) is 0 Å². The third-order valence-electron chi connectivity index (χ3n) is 7.24. The summed E-state index contributed by atoms with van der Waals surface area (Å²) in [6, 6.07) is 3.95. The zero-order chi connectivity index (χ0) is 19.8. The zero-order valence-electron chi connectivity index (χ0n) is 17.8. The molecule has 3 fully saturated rings. The first-order chi connectivity index (χ1) is 14.1. The van der Waals surface area contributed by atoms with Crippen LogP contribution in [0.2, 0.25) is 0 Å². The average molecular weight is 396 g/mol. The first-order valence-electron chi connectivity index (χ1n) is 11.4. The fourth-order valence-corrected chi connectivity index (χ4v) is 5.87. The lowest BCUT2D eigenvalue weighted by atomic mass is 9.89. The molecule has 0 radical (unpaired) electrons. The molecule has 0 amide bonds. The van der Waals surface area contributed by atoms with Crippen LogP contribution in [0.15, 0.2) is 18.3 Å². The van der Waals surface area contributed by atoms with Gasteiger partial charge in [-0.3, -0.25) is 4.68 Å². The van der Waals surface area contributed by atoms with Crippen molar-refractivity contribution in [3.63, 3.8) is 0 Å². The van der Waals surface area contributed by atoms with E-state index in [4.69, 9.17) is 4.74 Å². The molecule has 3 atom stereocenters. The van der Waals surface area contributed by atoms with Gasteiger partial charge in [0.25, 0.3) is 0 Å². The summed E-state index contributed by atoms with van der Waals surface area (Å²) in [6.07, 6.45) is 11.8. The number of aromatic nitrogens is 4. The Morgan fingerprint density at radius 2 is 1.79 bits per heavy atom. The molecule has 0 spiro atoms. The Morgan fingerprint density at radius 1 is 1.03 bits per heavy atom. The molecule has 0 aromatic carbocycles. The van der Waals surface area contributed by atoms with Crippen molar-refractivity contribution in [2.24, 2.45) is 24.8 Å². The molecule has 5 rings (SSSR count). The van der Waals surface area contributed by atoms with Gasteiger partial charge in [-0.25, -0.2) is 0 Å². The smallest absolute Gasteiger partial charge is 0.233 e. The van der Waals surface area contributed by atoms with Crippen LogP contribution in [0, 0.1) is 24.7 Å². The number of nitrogens with zero attached hydrogens (tertiary/aromatic N) is 5. The lowest BCUT2D eigenvalue weighted by molar-refractivity contribution is 0.167. The van der Waals surface area contributed by atoms with Crippen molar-refractivity contribution < 1.29 is 4.74 Å². The Bertz CT molecular complexity index is 812. The van der Waals surface area contributed by atoms with Crippen LogP contribution in [0.5, 0.6) is 5.88 Å². The Kier molecular flexibility index (Phi) is 5.29. The minimum atomic E-state index is 0.294. The van der Waals surface area contributed by atoms with Gasteiger partial charge in [-0.2, -0.15) is 5.10 Å². The van der Waals surface area contributed by atoms with Gasteiger partial charge in [0.2, 0.25) is 5.88 Å². The van der Waals surface area contributed by atoms with Crippen molar-refractivity contribution in [1.82, 2.24) is 24.9 Å². The van der Waals surface area contributed by atoms with E-state index < -0.39 is 0 Å². The highest BCUT2D eigenvalue weighted by Crippen LogP contribution is 2.40. The SMILES string of the molecule is Cc1nn(C)cc1-c1ccc(O[C@H]2C[C@@H]3CN(CC4CCCCC4)C[C@@H]3C2)nn1. The minimum absolute atomic E-state index is 0.294. The molecule has 29 heavy (non-hydrogen) atoms. The standard InChI is InChI=1S/C23H33N5O/c1-16-21(15-27(2)26-16)22-8-9-23(25-24-22)29-20-10-18-13-28(14-19(18)11-20)12-17-6-4-3-5-7-17/h8-9,15,17-20H,3-7,10-14H2,1-2H3/t18-,19+,20+. The molecule has 3 aliphatic rings. The van der Waals surface area contributed by atoms with E-state index in [1.54, 1.807) is 0 Å². The second-order valence-corrected chi connectivity index (χ2v) is 9.51. The summed E-state index contributed by atoms with van der Waals surface area (Å²) in [7, 11) is 1.93. The summed E-state index contributed by atoms with van der Waals surface area (Å²) < 4.78 is 8.02. The molecule has 1 saturated heterocycles. The molecule has 156 valence electrons. The molecular formula is C23H33N5O. The van der Waals surface area contributed by atoms with Gasteiger partial charge in [-0.1, -0.05) is 19.3 Å². The highest BCUT2D eigenvalue weighted by molar-refractivity contribution is 5.60. The lowest BCUT2D eigenvalue weighted by Crippen LogP contribution is -2.30. The number of fused-ring (bicyclic) bond motifs is 1. The van der Waals surface area contributed by atoms with Crippen LogP contribution in [0.1, 0.15) is 50.6 Å². The number of hydrogen-bond donors (Lipinski definition) is 0. The van der Waals surface area contributed by atoms with Crippen molar-refractivity contribution in [2.45, 2.75) is 58.0 Å². The van der Waals surface area contributed by atoms with Crippen LogP contribution in [-0.4, -0.2) is 50.6 Å². The van der Waals surface area contributed by atoms with Gasteiger partial charge in [0.05, 0.1) is 11.4 Å². The summed E-state index contributed by atoms with van der Waals surface area (Å²) in [4.78, 5) is 2.74. The molecule has 6 nitrogen and oxygen atoms in total. The molecule has 1 aliphatic heterocycles. The van der Waals surface area contributed by atoms with E-state index in [1.165, 1.54) is 51.7 Å². The highest BCUT2D eigenvalue weighted by atomic mass is 16.5. The Balaban J connectivity index is 1.13. The van der Waals surface area contributed by atoms with Gasteiger partial charge >= 0.3 is 0 Å². The first kappa shape index (κ1) is 19.0. The van der Waals surface area contributed by atoms with E-state index in [9.17, 15) is 0 Å². The fraction of sp³-hybridized carbons (Fsp3) is 0.696. The molecule has 2 saturated carbocycles. The van der Waals surface area contributed by atoms with E-state index in [1.807, 2.05) is 37.0 Å². The van der Waals surface area contributed by atoms with Crippen LogP contribution in [0.3, 0.4) is 0 Å². The van der Waals surface area contributed by atoms with Crippen LogP contribution >= 0.6 is 0 Å². The average Bonchev–Trinajstić information content (AvgIpc) is 3.36. The zero-order valence-corrected chi connectivity index (χ0v) is 17.8. The second-order valence-electron chi connectivity index (χ2n) is 9.51. The molecular weight excluding hydrogens is 362 g/mol. The molecule has 0 bridgehead atoms. The van der Waals surface area contributed by atoms with Crippen molar-refractivity contribution in [2.75, 3.05) is 19.6 Å². The summed E-state index contributed by atoms with van der Waals surface area (Å²) in [5.41, 5.74) is 2.85. The van der Waals surface area contributed by atoms with E-state index in [0.717, 1.165) is 47.5 Å². The van der Waals surface area contributed by atoms with Crippen LogP contribution < -0.4 is 4.74 Å². The Morgan fingerprint density at radius 3 is 2.41 bits per heavy atom. The minimum Gasteiger partial charge on any atom is -0.473 e. The topological polar surface area (TPSA) is 56.1 Å². The van der Waals surface area contributed by atoms with Crippen molar-refractivity contribution >= 4 is 0 Å². The van der Waals surface area contributed by atoms with Crippen LogP contribution in [-0.2, 0) is 7.05 Å². The number of likely N-dealkylation sites (tertiary alicyclic amines) is 1. The maximum atomic E-state index is 6.21. The predicted molar refractivity (Wildman–Crippen MR) is 113 cm³/mol. The van der Waals surface area contributed by atoms with Gasteiger partial charge in [-0.15, -0.1) is 10.2 Å². The number of hydrogen-bond acceptors (Lipinski definition) is 5. The molecule has 2 aliphatic carbocycles. The van der Waals surface area contributed by atoms with Crippen molar-refractivity contribution in [1.29, 1.82) is 0 Å². The quantitative estimate of drug-likeness (QED) is 0.770. The lowest BCUT2D eigenvalue weighted by Gasteiger charge is -2.27. The van der Waals surface area contributed by atoms with Gasteiger partial charge in [0, 0.05) is 44.5 Å². The van der Waals surface area contributed by atoms with Crippen molar-refractivity contribution in [3.05, 3.63) is 24.0 Å². The van der Waals surface area contributed by atoms with Gasteiger partial charge < -0.3 is 9.64 Å². The summed E-state index contributed by atoms with van der Waals surface area (Å²) in [6.45, 7) is 5.87. The van der Waals surface area contributed by atoms with Crippen LogP contribution in [0.25, 0.3) is 11.3 Å². The summed E-state index contributed by atoms with van der Waals surface area (Å²) in [5, 5.41) is 13.1. The highest BCUT2D eigenvalue weighted by Gasteiger charge is 2.42. The predicted octanol–water partition coefficient (Wildman–Crippen LogP) is 3.86. The van der Waals surface area contributed by atoms with Gasteiger partial charge in [-0.05, 0) is 56.4 Å².